The molecule has 0 aliphatic rings. The molecule has 5 rings (SSSR count). The van der Waals surface area contributed by atoms with E-state index in [2.05, 4.69) is 48.0 Å². The van der Waals surface area contributed by atoms with Gasteiger partial charge < -0.3 is 20.6 Å². The number of rotatable bonds is 4. The van der Waals surface area contributed by atoms with Crippen molar-refractivity contribution in [1.82, 2.24) is 24.5 Å². The molecule has 0 atom stereocenters. The summed E-state index contributed by atoms with van der Waals surface area (Å²) in [6, 6.07) is 18.2. The highest BCUT2D eigenvalue weighted by atomic mass is 15.1. The van der Waals surface area contributed by atoms with Crippen molar-refractivity contribution in [2.75, 3.05) is 11.1 Å². The lowest BCUT2D eigenvalue weighted by Gasteiger charge is -2.08. The van der Waals surface area contributed by atoms with Crippen molar-refractivity contribution in [3.05, 3.63) is 66.6 Å². The van der Waals surface area contributed by atoms with Crippen molar-refractivity contribution in [2.24, 2.45) is 7.05 Å². The fourth-order valence-corrected chi connectivity index (χ4v) is 3.41. The highest BCUT2D eigenvalue weighted by molar-refractivity contribution is 5.85. The molecule has 0 saturated carbocycles. The van der Waals surface area contributed by atoms with Crippen LogP contribution >= 0.6 is 0 Å². The summed E-state index contributed by atoms with van der Waals surface area (Å²) in [6.07, 6.45) is 2.04. The van der Waals surface area contributed by atoms with Gasteiger partial charge in [0.2, 0.25) is 5.95 Å². The second-order valence-electron chi connectivity index (χ2n) is 6.75. The maximum atomic E-state index is 5.95. The van der Waals surface area contributed by atoms with E-state index < -0.39 is 0 Å². The number of imidazole rings is 1. The number of hydrogen-bond donors (Lipinski definition) is 3. The molecule has 0 fully saturated rings. The van der Waals surface area contributed by atoms with E-state index in [1.165, 1.54) is 5.52 Å². The quantitative estimate of drug-likeness (QED) is 0.449. The minimum Gasteiger partial charge on any atom is -0.368 e. The Bertz CT molecular complexity index is 1270. The summed E-state index contributed by atoms with van der Waals surface area (Å²) in [7, 11) is 2.03. The van der Waals surface area contributed by atoms with Crippen molar-refractivity contribution in [2.45, 2.75) is 6.54 Å². The van der Waals surface area contributed by atoms with Gasteiger partial charge in [0.1, 0.15) is 11.6 Å². The van der Waals surface area contributed by atoms with E-state index in [0.717, 1.165) is 33.5 Å². The molecule has 0 radical (unpaired) electrons. The van der Waals surface area contributed by atoms with Crippen molar-refractivity contribution >= 4 is 33.7 Å². The van der Waals surface area contributed by atoms with Gasteiger partial charge >= 0.3 is 0 Å². The van der Waals surface area contributed by atoms with E-state index in [9.17, 15) is 0 Å². The molecule has 3 aromatic heterocycles. The van der Waals surface area contributed by atoms with Crippen LogP contribution in [0.3, 0.4) is 0 Å². The number of aromatic nitrogens is 5. The van der Waals surface area contributed by atoms with Crippen molar-refractivity contribution in [3.8, 4) is 11.3 Å². The van der Waals surface area contributed by atoms with Crippen molar-refractivity contribution in [3.63, 3.8) is 0 Å². The molecule has 7 heteroatoms. The number of aryl methyl sites for hydroxylation is 1. The second kappa shape index (κ2) is 6.38. The van der Waals surface area contributed by atoms with Crippen LogP contribution in [0.15, 0.2) is 60.8 Å². The fourth-order valence-electron chi connectivity index (χ4n) is 3.41. The maximum absolute atomic E-state index is 5.95. The first-order chi connectivity index (χ1) is 13.7. The Morgan fingerprint density at radius 1 is 1.04 bits per heavy atom. The number of aromatic amines is 1. The van der Waals surface area contributed by atoms with Gasteiger partial charge in [-0.2, -0.15) is 4.98 Å². The van der Waals surface area contributed by atoms with E-state index in [1.54, 1.807) is 0 Å². The number of fused-ring (bicyclic) bond motifs is 2. The molecule has 0 aliphatic heterocycles. The molecular formula is C21H19N7. The average Bonchev–Trinajstić information content (AvgIpc) is 3.29. The van der Waals surface area contributed by atoms with Gasteiger partial charge in [-0.1, -0.05) is 18.2 Å². The molecule has 0 bridgehead atoms. The lowest BCUT2D eigenvalue weighted by Crippen LogP contribution is -2.06. The summed E-state index contributed by atoms with van der Waals surface area (Å²) in [4.78, 5) is 16.6. The van der Waals surface area contributed by atoms with Crippen LogP contribution in [0.25, 0.3) is 33.2 Å². The molecule has 3 heterocycles. The van der Waals surface area contributed by atoms with Crippen LogP contribution in [0.2, 0.25) is 0 Å². The molecule has 0 aliphatic carbocycles. The summed E-state index contributed by atoms with van der Waals surface area (Å²) < 4.78 is 2.09. The third-order valence-electron chi connectivity index (χ3n) is 4.80. The standard InChI is InChI=1S/C21H19N7/c1-28-9-8-14-10-13(6-7-18(14)28)17-11-19(27-21(22)26-17)23-12-20-24-15-4-2-3-5-16(15)25-20/h2-11H,12H2,1H3,(H,24,25)(H3,22,23,26,27). The van der Waals surface area contributed by atoms with Gasteiger partial charge in [0.05, 0.1) is 23.3 Å². The number of anilines is 2. The first-order valence-electron chi connectivity index (χ1n) is 9.03. The number of benzene rings is 2. The van der Waals surface area contributed by atoms with Crippen LogP contribution in [0.4, 0.5) is 11.8 Å². The highest BCUT2D eigenvalue weighted by Gasteiger charge is 2.08. The number of nitrogens with two attached hydrogens (primary N) is 1. The van der Waals surface area contributed by atoms with Crippen molar-refractivity contribution in [1.29, 1.82) is 0 Å². The normalized spacial score (nSPS) is 11.3. The lowest BCUT2D eigenvalue weighted by atomic mass is 10.1. The first-order valence-corrected chi connectivity index (χ1v) is 9.03. The van der Waals surface area contributed by atoms with Gasteiger partial charge in [-0.15, -0.1) is 0 Å². The van der Waals surface area contributed by atoms with Gasteiger partial charge in [0.25, 0.3) is 0 Å². The lowest BCUT2D eigenvalue weighted by molar-refractivity contribution is 0.969. The Hall–Kier alpha value is -3.87. The van der Waals surface area contributed by atoms with Crippen LogP contribution < -0.4 is 11.1 Å². The Morgan fingerprint density at radius 3 is 2.82 bits per heavy atom. The van der Waals surface area contributed by atoms with Gasteiger partial charge in [-0.3, -0.25) is 0 Å². The third-order valence-corrected chi connectivity index (χ3v) is 4.80. The van der Waals surface area contributed by atoms with Gasteiger partial charge in [0.15, 0.2) is 0 Å². The van der Waals surface area contributed by atoms with Crippen LogP contribution in [0, 0.1) is 0 Å². The number of hydrogen-bond acceptors (Lipinski definition) is 5. The first kappa shape index (κ1) is 16.3. The molecule has 0 spiro atoms. The van der Waals surface area contributed by atoms with E-state index in [4.69, 9.17) is 5.73 Å². The average molecular weight is 369 g/mol. The van der Waals surface area contributed by atoms with E-state index in [0.29, 0.717) is 12.4 Å². The largest absolute Gasteiger partial charge is 0.368 e. The monoisotopic (exact) mass is 369 g/mol. The summed E-state index contributed by atoms with van der Waals surface area (Å²) in [5.74, 6) is 1.74. The van der Waals surface area contributed by atoms with Crippen LogP contribution in [-0.4, -0.2) is 24.5 Å². The highest BCUT2D eigenvalue weighted by Crippen LogP contribution is 2.25. The SMILES string of the molecule is Cn1ccc2cc(-c3cc(NCc4nc5ccccc5[nH]4)nc(N)n3)ccc21. The minimum atomic E-state index is 0.234. The molecule has 0 amide bonds. The number of para-hydroxylation sites is 2. The zero-order valence-corrected chi connectivity index (χ0v) is 15.3. The third kappa shape index (κ3) is 2.92. The number of nitrogens with zero attached hydrogens (tertiary/aromatic N) is 4. The maximum Gasteiger partial charge on any atom is 0.222 e. The van der Waals surface area contributed by atoms with Gasteiger partial charge in [-0.05, 0) is 30.3 Å². The summed E-state index contributed by atoms with van der Waals surface area (Å²) in [5.41, 5.74) is 10.9. The molecule has 0 saturated heterocycles. The summed E-state index contributed by atoms with van der Waals surface area (Å²) >= 11 is 0. The van der Waals surface area contributed by atoms with Crippen LogP contribution in [0.1, 0.15) is 5.82 Å². The van der Waals surface area contributed by atoms with Gasteiger partial charge in [0, 0.05) is 35.8 Å². The molecular weight excluding hydrogens is 350 g/mol. The smallest absolute Gasteiger partial charge is 0.222 e. The van der Waals surface area contributed by atoms with Crippen LogP contribution in [-0.2, 0) is 13.6 Å². The Labute approximate surface area is 161 Å². The number of nitrogens with one attached hydrogen (secondary N) is 2. The number of nitrogen functional groups attached to an aromatic ring is 1. The molecule has 7 nitrogen and oxygen atoms in total. The molecule has 0 unspecified atom stereocenters. The van der Waals surface area contributed by atoms with Crippen LogP contribution in [0.5, 0.6) is 0 Å². The zero-order valence-electron chi connectivity index (χ0n) is 15.3. The molecule has 5 aromatic rings. The van der Waals surface area contributed by atoms with E-state index >= 15 is 0 Å². The Morgan fingerprint density at radius 2 is 1.93 bits per heavy atom. The second-order valence-corrected chi connectivity index (χ2v) is 6.75. The minimum absolute atomic E-state index is 0.234. The number of H-pyrrole nitrogens is 1. The Kier molecular flexibility index (Phi) is 3.72. The summed E-state index contributed by atoms with van der Waals surface area (Å²) in [6.45, 7) is 0.516. The van der Waals surface area contributed by atoms with Crippen molar-refractivity contribution < 1.29 is 0 Å². The molecule has 4 N–H and O–H groups in total. The fraction of sp³-hybridized carbons (Fsp3) is 0.0952. The summed E-state index contributed by atoms with van der Waals surface area (Å²) in [5, 5.41) is 4.45. The van der Waals surface area contributed by atoms with Gasteiger partial charge in [-0.25, -0.2) is 9.97 Å². The van der Waals surface area contributed by atoms with E-state index in [1.807, 2.05) is 49.6 Å². The Balaban J connectivity index is 1.43. The predicted molar refractivity (Wildman–Crippen MR) is 112 cm³/mol. The van der Waals surface area contributed by atoms with E-state index in [-0.39, 0.29) is 5.95 Å². The predicted octanol–water partition coefficient (Wildman–Crippen LogP) is 3.71. The molecule has 28 heavy (non-hydrogen) atoms. The topological polar surface area (TPSA) is 97.4 Å². The molecule has 138 valence electrons. The molecule has 2 aromatic carbocycles. The zero-order chi connectivity index (χ0) is 19.1.